The van der Waals surface area contributed by atoms with E-state index in [4.69, 9.17) is 21.6 Å². The van der Waals surface area contributed by atoms with Crippen molar-refractivity contribution in [3.63, 3.8) is 0 Å². The van der Waals surface area contributed by atoms with Crippen molar-refractivity contribution in [1.82, 2.24) is 0 Å². The van der Waals surface area contributed by atoms with Crippen LogP contribution in [-0.2, 0) is 4.74 Å². The molecule has 6 nitrogen and oxygen atoms in total. The zero-order chi connectivity index (χ0) is 20.7. The summed E-state index contributed by atoms with van der Waals surface area (Å²) in [6.45, 7) is 3.42. The smallest absolute Gasteiger partial charge is 0.215 e. The summed E-state index contributed by atoms with van der Waals surface area (Å²) in [4.78, 5) is 8.51. The molecule has 0 saturated heterocycles. The van der Waals surface area contributed by atoms with E-state index in [9.17, 15) is 5.11 Å². The van der Waals surface area contributed by atoms with Crippen LogP contribution in [0.4, 0.5) is 11.4 Å². The SMILES string of the molecule is CO/C(=N\C=N\c1ccc(Br)cc1)[C@H](Nc1ccc(C#N)c(Cl)c1C)[C@H](C)O. The first-order chi connectivity index (χ1) is 13.4. The molecule has 0 saturated carbocycles. The van der Waals surface area contributed by atoms with Gasteiger partial charge in [0.2, 0.25) is 5.90 Å². The maximum Gasteiger partial charge on any atom is 0.215 e. The lowest BCUT2D eigenvalue weighted by atomic mass is 10.1. The predicted octanol–water partition coefficient (Wildman–Crippen LogP) is 4.85. The van der Waals surface area contributed by atoms with Crippen LogP contribution in [0.2, 0.25) is 5.02 Å². The van der Waals surface area contributed by atoms with Gasteiger partial charge in [-0.25, -0.2) is 9.98 Å². The molecule has 2 N–H and O–H groups in total. The van der Waals surface area contributed by atoms with Crippen LogP contribution < -0.4 is 5.32 Å². The molecular weight excluding hydrogens is 444 g/mol. The quantitative estimate of drug-likeness (QED) is 0.473. The molecule has 0 spiro atoms. The lowest BCUT2D eigenvalue weighted by molar-refractivity contribution is 0.182. The largest absolute Gasteiger partial charge is 0.482 e. The van der Waals surface area contributed by atoms with Gasteiger partial charge in [0.1, 0.15) is 18.4 Å². The van der Waals surface area contributed by atoms with E-state index in [2.05, 4.69) is 31.2 Å². The number of rotatable bonds is 6. The molecule has 8 heteroatoms. The molecule has 0 fully saturated rings. The fourth-order valence-electron chi connectivity index (χ4n) is 2.42. The summed E-state index contributed by atoms with van der Waals surface area (Å²) in [5.74, 6) is 0.260. The van der Waals surface area contributed by atoms with Crippen molar-refractivity contribution in [2.75, 3.05) is 12.4 Å². The topological polar surface area (TPSA) is 90.0 Å². The van der Waals surface area contributed by atoms with Gasteiger partial charge in [-0.1, -0.05) is 27.5 Å². The molecule has 0 bridgehead atoms. The molecule has 0 aromatic heterocycles. The highest BCUT2D eigenvalue weighted by Crippen LogP contribution is 2.28. The highest BCUT2D eigenvalue weighted by atomic mass is 79.9. The molecule has 0 aliphatic rings. The van der Waals surface area contributed by atoms with Crippen molar-refractivity contribution in [3.05, 3.63) is 57.0 Å². The van der Waals surface area contributed by atoms with Crippen molar-refractivity contribution in [2.24, 2.45) is 9.98 Å². The van der Waals surface area contributed by atoms with Crippen molar-refractivity contribution in [3.8, 4) is 6.07 Å². The van der Waals surface area contributed by atoms with Crippen LogP contribution in [0.5, 0.6) is 0 Å². The average Bonchev–Trinajstić information content (AvgIpc) is 2.68. The molecule has 0 radical (unpaired) electrons. The minimum absolute atomic E-state index is 0.260. The summed E-state index contributed by atoms with van der Waals surface area (Å²) in [5, 5.41) is 22.9. The molecule has 2 aromatic carbocycles. The summed E-state index contributed by atoms with van der Waals surface area (Å²) >= 11 is 9.60. The zero-order valence-electron chi connectivity index (χ0n) is 15.6. The van der Waals surface area contributed by atoms with Gasteiger partial charge in [0.05, 0.1) is 29.5 Å². The molecule has 2 atom stereocenters. The fourth-order valence-corrected chi connectivity index (χ4v) is 2.89. The second-order valence-corrected chi connectivity index (χ2v) is 7.26. The van der Waals surface area contributed by atoms with Gasteiger partial charge in [0.25, 0.3) is 0 Å². The minimum Gasteiger partial charge on any atom is -0.482 e. The third-order valence-corrected chi connectivity index (χ3v) is 5.01. The van der Waals surface area contributed by atoms with Gasteiger partial charge in [-0.2, -0.15) is 5.26 Å². The average molecular weight is 464 g/mol. The first-order valence-electron chi connectivity index (χ1n) is 8.41. The molecule has 0 unspecified atom stereocenters. The Morgan fingerprint density at radius 2 is 2.00 bits per heavy atom. The van der Waals surface area contributed by atoms with E-state index in [1.165, 1.54) is 13.4 Å². The first-order valence-corrected chi connectivity index (χ1v) is 9.58. The Bertz CT molecular complexity index is 921. The fraction of sp³-hybridized carbons (Fsp3) is 0.250. The van der Waals surface area contributed by atoms with E-state index >= 15 is 0 Å². The third-order valence-electron chi connectivity index (χ3n) is 3.99. The second kappa shape index (κ2) is 10.2. The Kier molecular flexibility index (Phi) is 8.00. The summed E-state index contributed by atoms with van der Waals surface area (Å²) < 4.78 is 6.32. The van der Waals surface area contributed by atoms with Crippen LogP contribution >= 0.6 is 27.5 Å². The highest BCUT2D eigenvalue weighted by Gasteiger charge is 2.23. The lowest BCUT2D eigenvalue weighted by Crippen LogP contribution is -2.40. The van der Waals surface area contributed by atoms with Crippen molar-refractivity contribution < 1.29 is 9.84 Å². The van der Waals surface area contributed by atoms with Crippen LogP contribution in [-0.4, -0.2) is 36.6 Å². The summed E-state index contributed by atoms with van der Waals surface area (Å²) in [6.07, 6.45) is 0.561. The number of aliphatic hydroxyl groups is 1. The maximum absolute atomic E-state index is 10.2. The number of aliphatic hydroxyl groups excluding tert-OH is 1. The molecule has 28 heavy (non-hydrogen) atoms. The van der Waals surface area contributed by atoms with Crippen molar-refractivity contribution >= 4 is 51.1 Å². The molecule has 2 aromatic rings. The molecule has 0 aliphatic heterocycles. The number of benzene rings is 2. The number of anilines is 1. The molecule has 2 rings (SSSR count). The third kappa shape index (κ3) is 5.55. The molecule has 146 valence electrons. The Morgan fingerprint density at radius 3 is 2.57 bits per heavy atom. The van der Waals surface area contributed by atoms with Gasteiger partial charge in [-0.3, -0.25) is 0 Å². The van der Waals surface area contributed by atoms with E-state index in [-0.39, 0.29) is 5.90 Å². The summed E-state index contributed by atoms with van der Waals surface area (Å²) in [6, 6.07) is 12.2. The normalized spacial score (nSPS) is 13.8. The molecule has 0 aliphatic carbocycles. The number of aliphatic imine (C=N–C) groups is 2. The van der Waals surface area contributed by atoms with E-state index in [0.717, 1.165) is 10.2 Å². The Hall–Kier alpha value is -2.40. The van der Waals surface area contributed by atoms with E-state index in [1.54, 1.807) is 26.0 Å². The number of hydrogen-bond donors (Lipinski definition) is 2. The van der Waals surface area contributed by atoms with Gasteiger partial charge >= 0.3 is 0 Å². The maximum atomic E-state index is 10.2. The van der Waals surface area contributed by atoms with Crippen LogP contribution in [0.1, 0.15) is 18.1 Å². The van der Waals surface area contributed by atoms with Gasteiger partial charge in [0.15, 0.2) is 0 Å². The number of nitrogens with zero attached hydrogens (tertiary/aromatic N) is 3. The van der Waals surface area contributed by atoms with Crippen LogP contribution in [0.3, 0.4) is 0 Å². The Labute approximate surface area is 177 Å². The first kappa shape index (κ1) is 21.9. The number of ether oxygens (including phenoxy) is 1. The van der Waals surface area contributed by atoms with Crippen molar-refractivity contribution in [1.29, 1.82) is 5.26 Å². The van der Waals surface area contributed by atoms with E-state index < -0.39 is 12.1 Å². The summed E-state index contributed by atoms with van der Waals surface area (Å²) in [5.41, 5.74) is 2.49. The van der Waals surface area contributed by atoms with Crippen LogP contribution in [0.25, 0.3) is 0 Å². The zero-order valence-corrected chi connectivity index (χ0v) is 18.0. The van der Waals surface area contributed by atoms with Crippen LogP contribution in [0, 0.1) is 18.3 Å². The highest BCUT2D eigenvalue weighted by molar-refractivity contribution is 9.10. The van der Waals surface area contributed by atoms with E-state index in [0.29, 0.717) is 21.8 Å². The van der Waals surface area contributed by atoms with Gasteiger partial charge in [-0.15, -0.1) is 0 Å². The summed E-state index contributed by atoms with van der Waals surface area (Å²) in [7, 11) is 1.47. The number of halogens is 2. The number of methoxy groups -OCH3 is 1. The van der Waals surface area contributed by atoms with Gasteiger partial charge < -0.3 is 15.2 Å². The van der Waals surface area contributed by atoms with Gasteiger partial charge in [0, 0.05) is 10.2 Å². The monoisotopic (exact) mass is 462 g/mol. The number of nitriles is 1. The standard InChI is InChI=1S/C20H20BrClN4O2/c1-12-17(9-4-14(10-23)18(12)22)26-19(13(2)27)20(28-3)25-11-24-16-7-5-15(21)6-8-16/h4-9,11,13,19,26-27H,1-3H3/b24-11+,25-20-/t13-,19+/m0/s1. The number of hydrogen-bond acceptors (Lipinski definition) is 5. The van der Waals surface area contributed by atoms with E-state index in [1.807, 2.05) is 30.3 Å². The second-order valence-electron chi connectivity index (χ2n) is 5.97. The molecule has 0 heterocycles. The molecule has 0 amide bonds. The Morgan fingerprint density at radius 1 is 1.32 bits per heavy atom. The minimum atomic E-state index is -0.811. The van der Waals surface area contributed by atoms with Crippen molar-refractivity contribution in [2.45, 2.75) is 26.0 Å². The number of nitrogens with one attached hydrogen (secondary N) is 1. The predicted molar refractivity (Wildman–Crippen MR) is 117 cm³/mol. The van der Waals surface area contributed by atoms with Crippen LogP contribution in [0.15, 0.2) is 50.9 Å². The lowest BCUT2D eigenvalue weighted by Gasteiger charge is -2.24. The molecular formula is C20H20BrClN4O2. The Balaban J connectivity index is 2.26. The van der Waals surface area contributed by atoms with Gasteiger partial charge in [-0.05, 0) is 55.8 Å².